The number of fused-ring (bicyclic) bond motifs is 1. The monoisotopic (exact) mass is 334 g/mol. The topological polar surface area (TPSA) is 59.8 Å². The highest BCUT2D eigenvalue weighted by molar-refractivity contribution is 5.74. The first-order valence-electron chi connectivity index (χ1n) is 7.07. The molecule has 5 nitrogen and oxygen atoms in total. The third kappa shape index (κ3) is 2.94. The van der Waals surface area contributed by atoms with Crippen LogP contribution < -0.4 is 10.9 Å². The summed E-state index contributed by atoms with van der Waals surface area (Å²) < 4.78 is 40.4. The second kappa shape index (κ2) is 5.95. The van der Waals surface area contributed by atoms with Crippen LogP contribution in [0.1, 0.15) is 11.1 Å². The molecule has 0 amide bonds. The fourth-order valence-corrected chi connectivity index (χ4v) is 2.41. The second-order valence-electron chi connectivity index (χ2n) is 5.20. The van der Waals surface area contributed by atoms with Crippen LogP contribution in [-0.2, 0) is 19.8 Å². The molecule has 2 heterocycles. The number of alkyl halides is 3. The summed E-state index contributed by atoms with van der Waals surface area (Å²) in [5, 5.41) is 2.71. The number of hydrogen-bond donors (Lipinski definition) is 1. The predicted octanol–water partition coefficient (Wildman–Crippen LogP) is 2.96. The van der Waals surface area contributed by atoms with Crippen LogP contribution in [0.2, 0.25) is 0 Å². The van der Waals surface area contributed by atoms with Gasteiger partial charge >= 0.3 is 6.18 Å². The number of nitrogens with zero attached hydrogens (tertiary/aromatic N) is 3. The molecule has 3 aromatic rings. The Kier molecular flexibility index (Phi) is 3.96. The van der Waals surface area contributed by atoms with Crippen molar-refractivity contribution in [2.24, 2.45) is 7.05 Å². The lowest BCUT2D eigenvalue weighted by Crippen LogP contribution is -2.23. The average Bonchev–Trinajstić information content (AvgIpc) is 2.56. The molecule has 0 radical (unpaired) electrons. The Labute approximate surface area is 134 Å². The number of nitrogens with one attached hydrogen (secondary N) is 1. The van der Waals surface area contributed by atoms with E-state index < -0.39 is 17.3 Å². The van der Waals surface area contributed by atoms with Crippen molar-refractivity contribution in [2.45, 2.75) is 12.7 Å². The number of aromatic nitrogens is 3. The minimum Gasteiger partial charge on any atom is -0.361 e. The smallest absolute Gasteiger partial charge is 0.361 e. The van der Waals surface area contributed by atoms with Gasteiger partial charge in [-0.1, -0.05) is 18.2 Å². The SMILES string of the molecule is Cn1c(=O)c(NCc2ccccc2C(F)(F)F)nc2ccncc21. The summed E-state index contributed by atoms with van der Waals surface area (Å²) in [6.45, 7) is -0.158. The van der Waals surface area contributed by atoms with Gasteiger partial charge in [0, 0.05) is 19.8 Å². The zero-order chi connectivity index (χ0) is 17.3. The van der Waals surface area contributed by atoms with E-state index in [4.69, 9.17) is 0 Å². The second-order valence-corrected chi connectivity index (χ2v) is 5.20. The van der Waals surface area contributed by atoms with Crippen molar-refractivity contribution < 1.29 is 13.2 Å². The highest BCUT2D eigenvalue weighted by atomic mass is 19.4. The fourth-order valence-electron chi connectivity index (χ4n) is 2.41. The van der Waals surface area contributed by atoms with Crippen LogP contribution in [0.15, 0.2) is 47.5 Å². The zero-order valence-electron chi connectivity index (χ0n) is 12.6. The molecule has 124 valence electrons. The number of rotatable bonds is 3. The Morgan fingerprint density at radius 1 is 1.21 bits per heavy atom. The molecule has 1 N–H and O–H groups in total. The van der Waals surface area contributed by atoms with Crippen LogP contribution in [0.25, 0.3) is 11.0 Å². The van der Waals surface area contributed by atoms with Crippen LogP contribution in [0, 0.1) is 0 Å². The van der Waals surface area contributed by atoms with Crippen molar-refractivity contribution >= 4 is 16.9 Å². The molecule has 0 aliphatic rings. The maximum Gasteiger partial charge on any atom is 0.416 e. The predicted molar refractivity (Wildman–Crippen MR) is 83.5 cm³/mol. The molecular formula is C16H13F3N4O. The van der Waals surface area contributed by atoms with E-state index in [1.807, 2.05) is 0 Å². The molecule has 0 aliphatic heterocycles. The molecule has 0 atom stereocenters. The van der Waals surface area contributed by atoms with Crippen molar-refractivity contribution in [3.8, 4) is 0 Å². The summed E-state index contributed by atoms with van der Waals surface area (Å²) in [7, 11) is 1.56. The van der Waals surface area contributed by atoms with Gasteiger partial charge in [0.15, 0.2) is 5.82 Å². The zero-order valence-corrected chi connectivity index (χ0v) is 12.6. The van der Waals surface area contributed by atoms with Gasteiger partial charge in [-0.3, -0.25) is 9.78 Å². The van der Waals surface area contributed by atoms with Gasteiger partial charge in [-0.05, 0) is 17.7 Å². The summed E-state index contributed by atoms with van der Waals surface area (Å²) in [6.07, 6.45) is -1.42. The first-order chi connectivity index (χ1) is 11.4. The molecule has 0 fully saturated rings. The molecule has 0 unspecified atom stereocenters. The van der Waals surface area contributed by atoms with Crippen LogP contribution >= 0.6 is 0 Å². The van der Waals surface area contributed by atoms with Crippen LogP contribution in [0.3, 0.4) is 0 Å². The van der Waals surface area contributed by atoms with Gasteiger partial charge in [0.2, 0.25) is 0 Å². The third-order valence-corrected chi connectivity index (χ3v) is 3.65. The van der Waals surface area contributed by atoms with E-state index in [-0.39, 0.29) is 17.9 Å². The van der Waals surface area contributed by atoms with E-state index >= 15 is 0 Å². The molecule has 1 aromatic carbocycles. The summed E-state index contributed by atoms with van der Waals surface area (Å²) in [6, 6.07) is 6.85. The van der Waals surface area contributed by atoms with Crippen molar-refractivity contribution in [3.05, 3.63) is 64.2 Å². The van der Waals surface area contributed by atoms with Gasteiger partial charge in [-0.15, -0.1) is 0 Å². The number of anilines is 1. The van der Waals surface area contributed by atoms with E-state index in [9.17, 15) is 18.0 Å². The molecule has 0 saturated heterocycles. The number of benzene rings is 1. The van der Waals surface area contributed by atoms with Gasteiger partial charge in [-0.2, -0.15) is 13.2 Å². The first kappa shape index (κ1) is 16.0. The van der Waals surface area contributed by atoms with E-state index in [1.54, 1.807) is 13.1 Å². The van der Waals surface area contributed by atoms with Gasteiger partial charge in [0.05, 0.1) is 22.8 Å². The molecule has 0 saturated carbocycles. The Morgan fingerprint density at radius 2 is 1.96 bits per heavy atom. The Balaban J connectivity index is 1.95. The van der Waals surface area contributed by atoms with E-state index in [2.05, 4.69) is 15.3 Å². The molecule has 3 rings (SSSR count). The molecule has 24 heavy (non-hydrogen) atoms. The lowest BCUT2D eigenvalue weighted by molar-refractivity contribution is -0.138. The van der Waals surface area contributed by atoms with Crippen molar-refractivity contribution in [3.63, 3.8) is 0 Å². The van der Waals surface area contributed by atoms with E-state index in [0.29, 0.717) is 11.0 Å². The summed E-state index contributed by atoms with van der Waals surface area (Å²) in [4.78, 5) is 20.4. The summed E-state index contributed by atoms with van der Waals surface area (Å²) in [5.41, 5.74) is -0.0505. The lowest BCUT2D eigenvalue weighted by atomic mass is 10.1. The summed E-state index contributed by atoms with van der Waals surface area (Å²) in [5.74, 6) is -0.00632. The van der Waals surface area contributed by atoms with E-state index in [1.165, 1.54) is 35.2 Å². The molecule has 0 aliphatic carbocycles. The van der Waals surface area contributed by atoms with Crippen molar-refractivity contribution in [1.29, 1.82) is 0 Å². The standard InChI is InChI=1S/C16H13F3N4O/c1-23-13-9-20-7-6-12(13)22-14(15(23)24)21-8-10-4-2-3-5-11(10)16(17,18)19/h2-7,9H,8H2,1H3,(H,21,22). The average molecular weight is 334 g/mol. The van der Waals surface area contributed by atoms with Gasteiger partial charge in [0.25, 0.3) is 5.56 Å². The largest absolute Gasteiger partial charge is 0.416 e. The summed E-state index contributed by atoms with van der Waals surface area (Å²) >= 11 is 0. The quantitative estimate of drug-likeness (QED) is 0.800. The third-order valence-electron chi connectivity index (χ3n) is 3.65. The maximum absolute atomic E-state index is 13.0. The molecular weight excluding hydrogens is 321 g/mol. The van der Waals surface area contributed by atoms with Gasteiger partial charge in [-0.25, -0.2) is 4.98 Å². The first-order valence-corrected chi connectivity index (χ1v) is 7.07. The lowest BCUT2D eigenvalue weighted by Gasteiger charge is -2.14. The highest BCUT2D eigenvalue weighted by Gasteiger charge is 2.32. The molecule has 0 spiro atoms. The highest BCUT2D eigenvalue weighted by Crippen LogP contribution is 2.32. The van der Waals surface area contributed by atoms with Gasteiger partial charge < -0.3 is 9.88 Å². The Morgan fingerprint density at radius 3 is 2.71 bits per heavy atom. The Hall–Kier alpha value is -2.90. The van der Waals surface area contributed by atoms with Crippen molar-refractivity contribution in [2.75, 3.05) is 5.32 Å². The van der Waals surface area contributed by atoms with Crippen molar-refractivity contribution in [1.82, 2.24) is 14.5 Å². The van der Waals surface area contributed by atoms with Crippen LogP contribution in [0.5, 0.6) is 0 Å². The van der Waals surface area contributed by atoms with Crippen LogP contribution in [-0.4, -0.2) is 14.5 Å². The molecule has 8 heteroatoms. The number of hydrogen-bond acceptors (Lipinski definition) is 4. The number of halogens is 3. The fraction of sp³-hybridized carbons (Fsp3) is 0.188. The van der Waals surface area contributed by atoms with Crippen LogP contribution in [0.4, 0.5) is 19.0 Å². The minimum absolute atomic E-state index is 0.00632. The number of aryl methyl sites for hydroxylation is 1. The molecule has 0 bridgehead atoms. The molecule has 2 aromatic heterocycles. The maximum atomic E-state index is 13.0. The normalized spacial score (nSPS) is 11.7. The Bertz CT molecular complexity index is 950. The minimum atomic E-state index is -4.45. The number of pyridine rings is 1. The van der Waals surface area contributed by atoms with Gasteiger partial charge in [0.1, 0.15) is 0 Å². The van der Waals surface area contributed by atoms with E-state index in [0.717, 1.165) is 6.07 Å².